The Bertz CT molecular complexity index is 336. The minimum atomic E-state index is -1.32. The minimum absolute atomic E-state index is 0.149. The van der Waals surface area contributed by atoms with Gasteiger partial charge in [-0.15, -0.1) is 11.3 Å². The predicted molar refractivity (Wildman–Crippen MR) is 54.7 cm³/mol. The monoisotopic (exact) mass is 229 g/mol. The molecule has 0 fully saturated rings. The zero-order chi connectivity index (χ0) is 11.3. The molecule has 0 radical (unpaired) electrons. The number of methoxy groups -OCH3 is 1. The highest BCUT2D eigenvalue weighted by molar-refractivity contribution is 7.12. The van der Waals surface area contributed by atoms with Crippen molar-refractivity contribution in [3.05, 3.63) is 22.4 Å². The van der Waals surface area contributed by atoms with Crippen LogP contribution >= 0.6 is 11.3 Å². The third-order valence-corrected chi connectivity index (χ3v) is 2.54. The van der Waals surface area contributed by atoms with Crippen molar-refractivity contribution in [3.63, 3.8) is 0 Å². The van der Waals surface area contributed by atoms with E-state index in [0.29, 0.717) is 4.88 Å². The second-order valence-corrected chi connectivity index (χ2v) is 3.67. The van der Waals surface area contributed by atoms with Crippen molar-refractivity contribution >= 4 is 23.2 Å². The first-order valence-electron chi connectivity index (χ1n) is 4.22. The van der Waals surface area contributed by atoms with Crippen molar-refractivity contribution in [1.29, 1.82) is 0 Å². The summed E-state index contributed by atoms with van der Waals surface area (Å²) in [6.45, 7) is -0.149. The van der Waals surface area contributed by atoms with E-state index in [4.69, 9.17) is 0 Å². The van der Waals surface area contributed by atoms with Crippen molar-refractivity contribution < 1.29 is 19.4 Å². The molecule has 1 aromatic rings. The first-order chi connectivity index (χ1) is 7.15. The SMILES string of the molecule is COC(=O)C(O)CNC(=O)c1cccs1. The summed E-state index contributed by atoms with van der Waals surface area (Å²) in [7, 11) is 1.17. The average molecular weight is 229 g/mol. The molecular weight excluding hydrogens is 218 g/mol. The molecule has 1 amide bonds. The topological polar surface area (TPSA) is 75.6 Å². The fourth-order valence-corrected chi connectivity index (χ4v) is 1.54. The molecule has 1 rings (SSSR count). The van der Waals surface area contributed by atoms with E-state index in [0.717, 1.165) is 0 Å². The highest BCUT2D eigenvalue weighted by atomic mass is 32.1. The Morgan fingerprint density at radius 3 is 2.93 bits per heavy atom. The fourth-order valence-electron chi connectivity index (χ4n) is 0.904. The Kier molecular flexibility index (Phi) is 4.26. The lowest BCUT2D eigenvalue weighted by molar-refractivity contribution is -0.149. The molecule has 0 aliphatic rings. The van der Waals surface area contributed by atoms with Crippen molar-refractivity contribution in [1.82, 2.24) is 5.32 Å². The highest BCUT2D eigenvalue weighted by Gasteiger charge is 2.16. The zero-order valence-electron chi connectivity index (χ0n) is 8.10. The van der Waals surface area contributed by atoms with E-state index in [1.165, 1.54) is 18.4 Å². The van der Waals surface area contributed by atoms with Crippen LogP contribution in [-0.4, -0.2) is 36.7 Å². The molecule has 82 valence electrons. The van der Waals surface area contributed by atoms with Crippen LogP contribution in [0.1, 0.15) is 9.67 Å². The van der Waals surface area contributed by atoms with Gasteiger partial charge < -0.3 is 15.2 Å². The molecule has 0 aliphatic carbocycles. The number of thiophene rings is 1. The maximum absolute atomic E-state index is 11.4. The summed E-state index contributed by atoms with van der Waals surface area (Å²) in [6.07, 6.45) is -1.32. The quantitative estimate of drug-likeness (QED) is 0.713. The van der Waals surface area contributed by atoms with Gasteiger partial charge in [0.05, 0.1) is 18.5 Å². The van der Waals surface area contributed by atoms with E-state index >= 15 is 0 Å². The van der Waals surface area contributed by atoms with Crippen molar-refractivity contribution in [2.24, 2.45) is 0 Å². The van der Waals surface area contributed by atoms with Gasteiger partial charge in [-0.25, -0.2) is 4.79 Å². The molecule has 1 unspecified atom stereocenters. The number of carbonyl (C=O) groups excluding carboxylic acids is 2. The molecular formula is C9H11NO4S. The van der Waals surface area contributed by atoms with Crippen LogP contribution in [0.5, 0.6) is 0 Å². The van der Waals surface area contributed by atoms with Crippen LogP contribution in [0.15, 0.2) is 17.5 Å². The second-order valence-electron chi connectivity index (χ2n) is 2.73. The Balaban J connectivity index is 2.38. The Morgan fingerprint density at radius 1 is 1.67 bits per heavy atom. The van der Waals surface area contributed by atoms with Gasteiger partial charge in [-0.1, -0.05) is 6.07 Å². The van der Waals surface area contributed by atoms with Crippen molar-refractivity contribution in [3.8, 4) is 0 Å². The molecule has 1 atom stereocenters. The normalized spacial score (nSPS) is 11.9. The molecule has 0 aliphatic heterocycles. The molecule has 1 aromatic heterocycles. The van der Waals surface area contributed by atoms with E-state index < -0.39 is 12.1 Å². The van der Waals surface area contributed by atoms with E-state index in [9.17, 15) is 14.7 Å². The van der Waals surface area contributed by atoms with Gasteiger partial charge in [-0.05, 0) is 11.4 Å². The van der Waals surface area contributed by atoms with Crippen LogP contribution in [0.25, 0.3) is 0 Å². The molecule has 5 nitrogen and oxygen atoms in total. The molecule has 0 saturated heterocycles. The number of hydrogen-bond acceptors (Lipinski definition) is 5. The molecule has 15 heavy (non-hydrogen) atoms. The number of aliphatic hydroxyl groups excluding tert-OH is 1. The van der Waals surface area contributed by atoms with E-state index in [1.54, 1.807) is 17.5 Å². The summed E-state index contributed by atoms with van der Waals surface area (Å²) in [4.78, 5) is 22.7. The number of ether oxygens (including phenoxy) is 1. The highest BCUT2D eigenvalue weighted by Crippen LogP contribution is 2.07. The predicted octanol–water partition coefficient (Wildman–Crippen LogP) is 0.0118. The maximum atomic E-state index is 11.4. The van der Waals surface area contributed by atoms with Gasteiger partial charge >= 0.3 is 5.97 Å². The van der Waals surface area contributed by atoms with E-state index in [-0.39, 0.29) is 12.5 Å². The number of carbonyl (C=O) groups is 2. The van der Waals surface area contributed by atoms with E-state index in [1.807, 2.05) is 0 Å². The molecule has 2 N–H and O–H groups in total. The zero-order valence-corrected chi connectivity index (χ0v) is 8.91. The van der Waals surface area contributed by atoms with Crippen LogP contribution in [-0.2, 0) is 9.53 Å². The fraction of sp³-hybridized carbons (Fsp3) is 0.333. The largest absolute Gasteiger partial charge is 0.467 e. The molecule has 0 spiro atoms. The van der Waals surface area contributed by atoms with Crippen molar-refractivity contribution in [2.75, 3.05) is 13.7 Å². The smallest absolute Gasteiger partial charge is 0.336 e. The van der Waals surface area contributed by atoms with Crippen LogP contribution in [0.3, 0.4) is 0 Å². The van der Waals surface area contributed by atoms with Gasteiger partial charge in [0.1, 0.15) is 0 Å². The van der Waals surface area contributed by atoms with Crippen molar-refractivity contribution in [2.45, 2.75) is 6.10 Å². The minimum Gasteiger partial charge on any atom is -0.467 e. The van der Waals surface area contributed by atoms with Gasteiger partial charge in [0.2, 0.25) is 0 Å². The second kappa shape index (κ2) is 5.47. The average Bonchev–Trinajstić information content (AvgIpc) is 2.77. The summed E-state index contributed by atoms with van der Waals surface area (Å²) >= 11 is 1.29. The third-order valence-electron chi connectivity index (χ3n) is 1.67. The lowest BCUT2D eigenvalue weighted by Gasteiger charge is -2.08. The van der Waals surface area contributed by atoms with Gasteiger partial charge in [-0.2, -0.15) is 0 Å². The first kappa shape index (κ1) is 11.7. The van der Waals surface area contributed by atoms with Gasteiger partial charge in [0, 0.05) is 0 Å². The van der Waals surface area contributed by atoms with E-state index in [2.05, 4.69) is 10.1 Å². The maximum Gasteiger partial charge on any atom is 0.336 e. The summed E-state index contributed by atoms with van der Waals surface area (Å²) in [5.41, 5.74) is 0. The Morgan fingerprint density at radius 2 is 2.40 bits per heavy atom. The number of amides is 1. The molecule has 1 heterocycles. The molecule has 6 heteroatoms. The molecule has 0 aromatic carbocycles. The van der Waals surface area contributed by atoms with Gasteiger partial charge in [0.25, 0.3) is 5.91 Å². The van der Waals surface area contributed by atoms with Crippen LogP contribution in [0.4, 0.5) is 0 Å². The first-order valence-corrected chi connectivity index (χ1v) is 5.10. The Labute approximate surface area is 90.7 Å². The van der Waals surface area contributed by atoms with Gasteiger partial charge in [0.15, 0.2) is 6.10 Å². The number of nitrogens with one attached hydrogen (secondary N) is 1. The lowest BCUT2D eigenvalue weighted by atomic mass is 10.3. The van der Waals surface area contributed by atoms with Crippen LogP contribution in [0, 0.1) is 0 Å². The number of hydrogen-bond donors (Lipinski definition) is 2. The standard InChI is InChI=1S/C9H11NO4S/c1-14-9(13)6(11)5-10-8(12)7-3-2-4-15-7/h2-4,6,11H,5H2,1H3,(H,10,12). The lowest BCUT2D eigenvalue weighted by Crippen LogP contribution is -2.36. The summed E-state index contributed by atoms with van der Waals surface area (Å²) in [5.74, 6) is -1.07. The molecule has 0 bridgehead atoms. The van der Waals surface area contributed by atoms with Crippen LogP contribution < -0.4 is 5.32 Å². The summed E-state index contributed by atoms with van der Waals surface area (Å²) < 4.78 is 4.30. The Hall–Kier alpha value is -1.40. The molecule has 0 saturated carbocycles. The summed E-state index contributed by atoms with van der Waals surface area (Å²) in [6, 6.07) is 3.40. The van der Waals surface area contributed by atoms with Crippen LogP contribution in [0.2, 0.25) is 0 Å². The third kappa shape index (κ3) is 3.34. The summed E-state index contributed by atoms with van der Waals surface area (Å²) in [5, 5.41) is 13.4. The van der Waals surface area contributed by atoms with Gasteiger partial charge in [-0.3, -0.25) is 4.79 Å². The number of rotatable bonds is 4. The number of aliphatic hydroxyl groups is 1. The number of esters is 1.